The fourth-order valence-electron chi connectivity index (χ4n) is 6.25. The minimum absolute atomic E-state index is 0.0660. The number of hydrogen-bond donors (Lipinski definition) is 0. The molecule has 1 fully saturated rings. The fraction of sp³-hybridized carbons (Fsp3) is 0.345. The van der Waals surface area contributed by atoms with Crippen LogP contribution in [-0.2, 0) is 31.6 Å². The smallest absolute Gasteiger partial charge is 0.308 e. The van der Waals surface area contributed by atoms with E-state index < -0.39 is 38.2 Å². The number of amides is 1. The van der Waals surface area contributed by atoms with E-state index in [2.05, 4.69) is 9.97 Å². The first kappa shape index (κ1) is 29.2. The molecular weight excluding hydrogens is 590 g/mol. The first-order chi connectivity index (χ1) is 20.4. The summed E-state index contributed by atoms with van der Waals surface area (Å²) in [6.07, 6.45) is 4.14. The van der Waals surface area contributed by atoms with Gasteiger partial charge in [0.15, 0.2) is 0 Å². The minimum atomic E-state index is -3.98. The number of carbonyl (C=O) groups excluding carboxylic acids is 1. The summed E-state index contributed by atoms with van der Waals surface area (Å²) in [6, 6.07) is 19.2. The first-order valence-corrected chi connectivity index (χ1v) is 16.6. The highest BCUT2D eigenvalue weighted by molar-refractivity contribution is 7.87. The van der Waals surface area contributed by atoms with E-state index in [0.717, 1.165) is 27.7 Å². The summed E-state index contributed by atoms with van der Waals surface area (Å²) in [7, 11) is -2.15. The molecule has 226 valence electrons. The van der Waals surface area contributed by atoms with Crippen LogP contribution in [0, 0.1) is 11.8 Å². The van der Waals surface area contributed by atoms with Gasteiger partial charge in [0.2, 0.25) is 5.91 Å². The number of benzene rings is 2. The zero-order valence-electron chi connectivity index (χ0n) is 24.2. The molecule has 12 nitrogen and oxygen atoms in total. The van der Waals surface area contributed by atoms with Gasteiger partial charge in [0.25, 0.3) is 0 Å². The predicted molar refractivity (Wildman–Crippen MR) is 159 cm³/mol. The van der Waals surface area contributed by atoms with Crippen LogP contribution < -0.4 is 0 Å². The van der Waals surface area contributed by atoms with Crippen LogP contribution in [-0.4, -0.2) is 88.9 Å². The number of imidazole rings is 2. The van der Waals surface area contributed by atoms with Crippen molar-refractivity contribution in [1.82, 2.24) is 31.4 Å². The normalized spacial score (nSPS) is 20.7. The molecule has 0 radical (unpaired) electrons. The molecule has 1 aliphatic carbocycles. The number of aromatic nitrogens is 4. The number of likely N-dealkylation sites (tertiary alicyclic amines) is 1. The molecule has 6 rings (SSSR count). The van der Waals surface area contributed by atoms with Crippen molar-refractivity contribution in [3.05, 3.63) is 108 Å². The first-order valence-electron chi connectivity index (χ1n) is 13.8. The monoisotopic (exact) mass is 623 g/mol. The van der Waals surface area contributed by atoms with Crippen molar-refractivity contribution >= 4 is 26.3 Å². The molecule has 1 amide bonds. The van der Waals surface area contributed by atoms with Crippen molar-refractivity contribution < 1.29 is 21.6 Å². The Morgan fingerprint density at radius 1 is 0.814 bits per heavy atom. The molecule has 14 heteroatoms. The molecule has 0 saturated carbocycles. The summed E-state index contributed by atoms with van der Waals surface area (Å²) in [4.78, 5) is 25.1. The predicted octanol–water partition coefficient (Wildman–Crippen LogP) is 1.94. The van der Waals surface area contributed by atoms with Gasteiger partial charge in [-0.1, -0.05) is 60.7 Å². The van der Waals surface area contributed by atoms with E-state index in [1.54, 1.807) is 0 Å². The number of fused-ring (bicyclic) bond motifs is 2. The van der Waals surface area contributed by atoms with Crippen LogP contribution in [0.2, 0.25) is 0 Å². The van der Waals surface area contributed by atoms with E-state index in [0.29, 0.717) is 23.6 Å². The van der Waals surface area contributed by atoms with Gasteiger partial charge in [-0.25, -0.2) is 17.9 Å². The highest BCUT2D eigenvalue weighted by Gasteiger charge is 2.53. The maximum Gasteiger partial charge on any atom is 0.308 e. The van der Waals surface area contributed by atoms with Gasteiger partial charge in [-0.05, 0) is 11.1 Å². The van der Waals surface area contributed by atoms with Crippen LogP contribution >= 0.6 is 0 Å². The van der Waals surface area contributed by atoms with Gasteiger partial charge in [-0.3, -0.25) is 4.79 Å². The third-order valence-electron chi connectivity index (χ3n) is 8.39. The minimum Gasteiger partial charge on any atom is -0.331 e. The summed E-state index contributed by atoms with van der Waals surface area (Å²) < 4.78 is 57.1. The Morgan fingerprint density at radius 3 is 1.95 bits per heavy atom. The number of rotatable bonds is 8. The Morgan fingerprint density at radius 2 is 1.40 bits per heavy atom. The van der Waals surface area contributed by atoms with Crippen molar-refractivity contribution in [1.29, 1.82) is 0 Å². The molecule has 0 spiro atoms. The van der Waals surface area contributed by atoms with Gasteiger partial charge >= 0.3 is 20.4 Å². The lowest BCUT2D eigenvalue weighted by atomic mass is 9.73. The van der Waals surface area contributed by atoms with Gasteiger partial charge in [-0.15, -0.1) is 0 Å². The van der Waals surface area contributed by atoms with Gasteiger partial charge in [0.1, 0.15) is 12.7 Å². The Balaban J connectivity index is 1.51. The van der Waals surface area contributed by atoms with Crippen molar-refractivity contribution in [2.24, 2.45) is 11.8 Å². The van der Waals surface area contributed by atoms with Crippen LogP contribution in [0.25, 0.3) is 0 Å². The van der Waals surface area contributed by atoms with E-state index in [-0.39, 0.29) is 18.4 Å². The van der Waals surface area contributed by atoms with Crippen molar-refractivity contribution in [3.8, 4) is 0 Å². The highest BCUT2D eigenvalue weighted by atomic mass is 32.2. The van der Waals surface area contributed by atoms with E-state index in [1.165, 1.54) is 47.0 Å². The molecule has 2 aromatic heterocycles. The second-order valence-corrected chi connectivity index (χ2v) is 15.3. The molecule has 2 aromatic carbocycles. The molecule has 1 aliphatic heterocycles. The van der Waals surface area contributed by atoms with E-state index in [9.17, 15) is 21.6 Å². The molecule has 0 unspecified atom stereocenters. The van der Waals surface area contributed by atoms with Gasteiger partial charge in [0, 0.05) is 59.2 Å². The lowest BCUT2D eigenvalue weighted by Crippen LogP contribution is -2.36. The Labute approximate surface area is 251 Å². The molecule has 4 aromatic rings. The number of hydrogen-bond acceptors (Lipinski definition) is 7. The topological polar surface area (TPSA) is 131 Å². The van der Waals surface area contributed by atoms with Crippen LogP contribution in [0.4, 0.5) is 0 Å². The maximum atomic E-state index is 14.3. The Hall–Kier alpha value is -3.85. The number of carbonyl (C=O) groups is 1. The molecule has 0 N–H and O–H groups in total. The molecule has 2 aliphatic rings. The summed E-state index contributed by atoms with van der Waals surface area (Å²) in [5.41, 5.74) is 3.13. The summed E-state index contributed by atoms with van der Waals surface area (Å²) in [5, 5.41) is 0. The average molecular weight is 624 g/mol. The van der Waals surface area contributed by atoms with Crippen LogP contribution in [0.5, 0.6) is 0 Å². The van der Waals surface area contributed by atoms with Crippen molar-refractivity contribution in [2.75, 3.05) is 34.7 Å². The zero-order chi connectivity index (χ0) is 30.7. The van der Waals surface area contributed by atoms with Crippen LogP contribution in [0.1, 0.15) is 40.2 Å². The summed E-state index contributed by atoms with van der Waals surface area (Å²) in [5.74, 6) is -1.68. The van der Waals surface area contributed by atoms with Crippen LogP contribution in [0.3, 0.4) is 0 Å². The van der Waals surface area contributed by atoms with E-state index >= 15 is 0 Å². The largest absolute Gasteiger partial charge is 0.331 e. The standard InChI is InChI=1S/C29H33N7O5S2/c1-32(2)42(38,39)34-17-25(30-18-34)26-23-16-35(27(20-11-7-5-8-12-20)21-13-9-6-10-14-21)29(37)22(23)15-24-28(26)36(19-31-24)43(40,41)33(3)4/h5-14,17-19,22-23,26-27H,15-16H2,1-4H3/t22-,23+,26+/m0/s1. The fourth-order valence-corrected chi connectivity index (χ4v) is 8.02. The molecule has 3 heterocycles. The third-order valence-corrected chi connectivity index (χ3v) is 11.8. The van der Waals surface area contributed by atoms with Crippen molar-refractivity contribution in [3.63, 3.8) is 0 Å². The summed E-state index contributed by atoms with van der Waals surface area (Å²) >= 11 is 0. The molecule has 3 atom stereocenters. The second kappa shape index (κ2) is 10.7. The lowest BCUT2D eigenvalue weighted by molar-refractivity contribution is -0.132. The van der Waals surface area contributed by atoms with Crippen LogP contribution in [0.15, 0.2) is 79.5 Å². The zero-order valence-corrected chi connectivity index (χ0v) is 25.9. The van der Waals surface area contributed by atoms with E-state index in [4.69, 9.17) is 0 Å². The van der Waals surface area contributed by atoms with Crippen molar-refractivity contribution in [2.45, 2.75) is 18.4 Å². The third kappa shape index (κ3) is 4.78. The average Bonchev–Trinajstić information content (AvgIpc) is 3.72. The molecule has 0 bridgehead atoms. The second-order valence-electron chi connectivity index (χ2n) is 11.2. The van der Waals surface area contributed by atoms with Gasteiger partial charge in [-0.2, -0.15) is 25.4 Å². The maximum absolute atomic E-state index is 14.3. The van der Waals surface area contributed by atoms with E-state index in [1.807, 2.05) is 65.6 Å². The van der Waals surface area contributed by atoms with Gasteiger partial charge < -0.3 is 4.90 Å². The Kier molecular flexibility index (Phi) is 7.27. The number of nitrogens with zero attached hydrogens (tertiary/aromatic N) is 7. The Bertz CT molecular complexity index is 1830. The summed E-state index contributed by atoms with van der Waals surface area (Å²) in [6.45, 7) is 0.308. The quantitative estimate of drug-likeness (QED) is 0.293. The van der Waals surface area contributed by atoms with Gasteiger partial charge in [0.05, 0.1) is 29.0 Å². The molecule has 43 heavy (non-hydrogen) atoms. The SMILES string of the molecule is CN(C)S(=O)(=O)n1cnc([C@@H]2c3c(ncn3S(=O)(=O)N(C)C)C[C@@H]3C(=O)N(C(c4ccccc4)c4ccccc4)C[C@@H]23)c1. The lowest BCUT2D eigenvalue weighted by Gasteiger charge is -2.32. The highest BCUT2D eigenvalue weighted by Crippen LogP contribution is 2.49. The molecular formula is C29H33N7O5S2. The molecule has 1 saturated heterocycles.